The fourth-order valence-electron chi connectivity index (χ4n) is 3.67. The van der Waals surface area contributed by atoms with E-state index in [1.54, 1.807) is 0 Å². The standard InChI is InChI=1S/C23H18N4O12S2.4K/c28-21-17(19(12-39-32)24-26(21)13-4-8-15(9-5-13)40(33,34)35)2-1-3-18-20(23(30)31)25-27(22(18)29)14-6-10-16(11-7-14)41(36,37)38;;;;/h1-11,24,32H,12H2,(H,30,31)(H,33,34,35)(H,36,37,38);;;;/q;4*+1/p-4/b2-1+,18-3+;;;;. The van der Waals surface area contributed by atoms with Crippen LogP contribution in [0.3, 0.4) is 0 Å². The molecule has 1 N–H and O–H groups in total. The average molecular weight is 759 g/mol. The number of rotatable bonds is 9. The first kappa shape index (κ1) is 46.8. The van der Waals surface area contributed by atoms with Crippen LogP contribution < -0.4 is 226 Å². The van der Waals surface area contributed by atoms with Crippen molar-refractivity contribution in [2.75, 3.05) is 5.01 Å². The molecule has 45 heavy (non-hydrogen) atoms. The fourth-order valence-corrected chi connectivity index (χ4v) is 4.60. The smallest absolute Gasteiger partial charge is 0.744 e. The van der Waals surface area contributed by atoms with Gasteiger partial charge in [0.25, 0.3) is 11.5 Å². The van der Waals surface area contributed by atoms with Crippen molar-refractivity contribution in [3.05, 3.63) is 87.9 Å². The summed E-state index contributed by atoms with van der Waals surface area (Å²) in [7, 11) is -9.51. The van der Waals surface area contributed by atoms with Crippen molar-refractivity contribution >= 4 is 49.6 Å². The van der Waals surface area contributed by atoms with E-state index in [1.165, 1.54) is 0 Å². The van der Waals surface area contributed by atoms with Gasteiger partial charge in [0.15, 0.2) is 0 Å². The Kier molecular flexibility index (Phi) is 20.8. The first-order valence-electron chi connectivity index (χ1n) is 11.0. The second-order valence-corrected chi connectivity index (χ2v) is 10.9. The van der Waals surface area contributed by atoms with Crippen LogP contribution in [0.2, 0.25) is 0 Å². The van der Waals surface area contributed by atoms with Crippen molar-refractivity contribution in [2.24, 2.45) is 5.10 Å². The van der Waals surface area contributed by atoms with Crippen LogP contribution in [0.5, 0.6) is 0 Å². The maximum absolute atomic E-state index is 13.0. The number of carbonyl (C=O) groups is 2. The van der Waals surface area contributed by atoms with E-state index < -0.39 is 65.4 Å². The molecule has 1 aliphatic rings. The number of amides is 1. The molecule has 0 saturated carbocycles. The number of carboxylic acids is 1. The molecule has 0 radical (unpaired) electrons. The number of nitrogens with zero attached hydrogens (tertiary/aromatic N) is 3. The fraction of sp³-hybridized carbons (Fsp3) is 0.0435. The number of hydrogen-bond donors (Lipinski definition) is 1. The Morgan fingerprint density at radius 3 is 1.80 bits per heavy atom. The van der Waals surface area contributed by atoms with Crippen LogP contribution in [-0.2, 0) is 41.3 Å². The summed E-state index contributed by atoms with van der Waals surface area (Å²) in [6.07, 6.45) is 3.24. The molecule has 0 bridgehead atoms. The van der Waals surface area contributed by atoms with Gasteiger partial charge < -0.3 is 29.2 Å². The summed E-state index contributed by atoms with van der Waals surface area (Å²) in [5.74, 6) is -2.79. The summed E-state index contributed by atoms with van der Waals surface area (Å²) < 4.78 is 67.8. The molecule has 3 aromatic rings. The minimum absolute atomic E-state index is 0. The van der Waals surface area contributed by atoms with E-state index in [0.29, 0.717) is 5.01 Å². The van der Waals surface area contributed by atoms with E-state index in [9.17, 15) is 50.7 Å². The second-order valence-electron chi connectivity index (χ2n) is 8.10. The Balaban J connectivity index is 0.00000484. The Morgan fingerprint density at radius 2 is 1.36 bits per heavy atom. The van der Waals surface area contributed by atoms with Gasteiger partial charge in [-0.05, 0) is 60.7 Å². The molecular formula is C23H14K4N4O12S2. The number of anilines is 1. The number of carboxylic acid groups (broad SMARTS) is 1. The summed E-state index contributed by atoms with van der Waals surface area (Å²) in [4.78, 5) is 40.3. The molecule has 0 unspecified atom stereocenters. The van der Waals surface area contributed by atoms with Gasteiger partial charge in [-0.1, -0.05) is 6.08 Å². The molecule has 4 rings (SSSR count). The quantitative estimate of drug-likeness (QED) is 0.0702. The monoisotopic (exact) mass is 758 g/mol. The van der Waals surface area contributed by atoms with Gasteiger partial charge in [0.1, 0.15) is 25.9 Å². The maximum Gasteiger partial charge on any atom is 1.00 e. The summed E-state index contributed by atoms with van der Waals surface area (Å²) >= 11 is 0. The zero-order chi connectivity index (χ0) is 30.1. The number of aliphatic carboxylic acids is 1. The largest absolute Gasteiger partial charge is 1.00 e. The Hall–Kier alpha value is 1.83. The number of benzene rings is 2. The van der Waals surface area contributed by atoms with Gasteiger partial charge in [0.2, 0.25) is 0 Å². The van der Waals surface area contributed by atoms with Gasteiger partial charge in [-0.3, -0.25) is 14.7 Å². The van der Waals surface area contributed by atoms with Gasteiger partial charge in [0, 0.05) is 0 Å². The summed E-state index contributed by atoms with van der Waals surface area (Å²) in [6.45, 7) is -0.626. The number of H-pyrrole nitrogens is 1. The minimum Gasteiger partial charge on any atom is -0.744 e. The first-order chi connectivity index (χ1) is 19.2. The molecule has 0 spiro atoms. The Morgan fingerprint density at radius 1 is 0.867 bits per heavy atom. The molecule has 22 heteroatoms. The second kappa shape index (κ2) is 20.0. The number of hydrogen-bond acceptors (Lipinski definition) is 13. The number of aromatic amines is 1. The first-order valence-corrected chi connectivity index (χ1v) is 13.8. The molecule has 2 heterocycles. The van der Waals surface area contributed by atoms with Gasteiger partial charge >= 0.3 is 206 Å². The van der Waals surface area contributed by atoms with Gasteiger partial charge in [-0.15, -0.1) is 0 Å². The SMILES string of the molecule is O=C([O-])C1=NN(c2ccc(S(=O)(=O)[O-])cc2)C(=O)/C1=C/C=C/c1c(CO[O-])[nH]n(-c2ccc(S(=O)(=O)[O-])cc2)c1=O.[K+].[K+].[K+].[K+]. The number of aromatic nitrogens is 2. The third-order valence-electron chi connectivity index (χ3n) is 5.56. The summed E-state index contributed by atoms with van der Waals surface area (Å²) in [5, 5.41) is 29.3. The van der Waals surface area contributed by atoms with Crippen LogP contribution in [0.4, 0.5) is 5.69 Å². The molecule has 214 valence electrons. The molecule has 0 saturated heterocycles. The number of allylic oxidation sites excluding steroid dienone is 2. The molecule has 0 aliphatic carbocycles. The molecule has 1 amide bonds. The van der Waals surface area contributed by atoms with Crippen molar-refractivity contribution < 1.29 is 256 Å². The molecule has 16 nitrogen and oxygen atoms in total. The minimum atomic E-state index is -4.77. The van der Waals surface area contributed by atoms with Crippen molar-refractivity contribution in [1.29, 1.82) is 0 Å². The zero-order valence-electron chi connectivity index (χ0n) is 24.1. The molecule has 2 aromatic carbocycles. The molecular weight excluding hydrogens is 745 g/mol. The number of hydrazone groups is 1. The van der Waals surface area contributed by atoms with Crippen molar-refractivity contribution in [2.45, 2.75) is 16.4 Å². The average Bonchev–Trinajstić information content (AvgIpc) is 3.40. The predicted molar refractivity (Wildman–Crippen MR) is 131 cm³/mol. The predicted octanol–water partition coefficient (Wildman–Crippen LogP) is -14.1. The van der Waals surface area contributed by atoms with E-state index >= 15 is 0 Å². The third kappa shape index (κ3) is 11.7. The zero-order valence-corrected chi connectivity index (χ0v) is 38.2. The van der Waals surface area contributed by atoms with Crippen LogP contribution >= 0.6 is 0 Å². The topological polar surface area (TPSA) is 257 Å². The molecule has 1 aromatic heterocycles. The maximum atomic E-state index is 13.0. The van der Waals surface area contributed by atoms with Gasteiger partial charge in [-0.25, -0.2) is 21.5 Å². The molecule has 1 aliphatic heterocycles. The normalized spacial score (nSPS) is 13.8. The van der Waals surface area contributed by atoms with Crippen molar-refractivity contribution in [3.8, 4) is 5.69 Å². The van der Waals surface area contributed by atoms with Gasteiger partial charge in [0.05, 0.1) is 50.6 Å². The number of carbonyl (C=O) groups excluding carboxylic acids is 2. The molecule has 0 fully saturated rings. The van der Waals surface area contributed by atoms with Crippen LogP contribution in [-0.4, -0.2) is 53.3 Å². The van der Waals surface area contributed by atoms with Gasteiger partial charge in [-0.2, -0.15) is 10.1 Å². The third-order valence-corrected chi connectivity index (χ3v) is 7.26. The van der Waals surface area contributed by atoms with Crippen LogP contribution in [0.25, 0.3) is 11.8 Å². The number of nitrogens with one attached hydrogen (secondary N) is 1. The van der Waals surface area contributed by atoms with E-state index in [1.807, 2.05) is 0 Å². The molecule has 0 atom stereocenters. The van der Waals surface area contributed by atoms with E-state index in [-0.39, 0.29) is 228 Å². The Bertz CT molecular complexity index is 1920. The van der Waals surface area contributed by atoms with Crippen LogP contribution in [0, 0.1) is 0 Å². The van der Waals surface area contributed by atoms with E-state index in [0.717, 1.165) is 71.4 Å². The van der Waals surface area contributed by atoms with Crippen molar-refractivity contribution in [1.82, 2.24) is 9.78 Å². The van der Waals surface area contributed by atoms with Crippen molar-refractivity contribution in [3.63, 3.8) is 0 Å². The summed E-state index contributed by atoms with van der Waals surface area (Å²) in [6, 6.07) is 8.21. The van der Waals surface area contributed by atoms with E-state index in [4.69, 9.17) is 0 Å². The van der Waals surface area contributed by atoms with Crippen LogP contribution in [0.1, 0.15) is 11.3 Å². The Labute approximate surface area is 425 Å². The van der Waals surface area contributed by atoms with Crippen LogP contribution in [0.15, 0.2) is 85.9 Å². The summed E-state index contributed by atoms with van der Waals surface area (Å²) in [5.41, 5.74) is -2.18. The van der Waals surface area contributed by atoms with E-state index in [2.05, 4.69) is 15.1 Å².